The molecule has 0 amide bonds. The van der Waals surface area contributed by atoms with Crippen LogP contribution in [0.15, 0.2) is 21.5 Å². The quantitative estimate of drug-likeness (QED) is 0.482. The van der Waals surface area contributed by atoms with Gasteiger partial charge in [0.25, 0.3) is 9.05 Å². The van der Waals surface area contributed by atoms with Crippen LogP contribution in [0.3, 0.4) is 0 Å². The molecule has 0 fully saturated rings. The molecule has 0 aliphatic heterocycles. The van der Waals surface area contributed by atoms with Crippen LogP contribution in [0.2, 0.25) is 0 Å². The first kappa shape index (κ1) is 13.2. The van der Waals surface area contributed by atoms with Crippen LogP contribution in [0.4, 0.5) is 5.69 Å². The third kappa shape index (κ3) is 2.45. The molecule has 0 saturated carbocycles. The standard InChI is InChI=1S/C7H5BrClNO5S/c1-15-6-5(10(11)12)3-2-4(8)7(6)16(9,13)14/h2-3H,1H3. The number of nitro benzene ring substituents is 1. The average molecular weight is 331 g/mol. The Morgan fingerprint density at radius 3 is 2.44 bits per heavy atom. The molecule has 0 heterocycles. The van der Waals surface area contributed by atoms with Gasteiger partial charge in [0.05, 0.1) is 12.0 Å². The number of hydrogen-bond acceptors (Lipinski definition) is 5. The summed E-state index contributed by atoms with van der Waals surface area (Å²) in [7, 11) is 2.15. The molecule has 88 valence electrons. The number of ether oxygens (including phenoxy) is 1. The van der Waals surface area contributed by atoms with Crippen molar-refractivity contribution < 1.29 is 18.1 Å². The van der Waals surface area contributed by atoms with Gasteiger partial charge in [-0.3, -0.25) is 10.1 Å². The van der Waals surface area contributed by atoms with Crippen LogP contribution in [0, 0.1) is 10.1 Å². The maximum Gasteiger partial charge on any atom is 0.312 e. The van der Waals surface area contributed by atoms with Gasteiger partial charge in [-0.2, -0.15) is 0 Å². The van der Waals surface area contributed by atoms with E-state index in [9.17, 15) is 18.5 Å². The molecule has 6 nitrogen and oxygen atoms in total. The van der Waals surface area contributed by atoms with Crippen LogP contribution in [0.5, 0.6) is 5.75 Å². The predicted molar refractivity (Wildman–Crippen MR) is 60.4 cm³/mol. The summed E-state index contributed by atoms with van der Waals surface area (Å²) in [6, 6.07) is 2.34. The number of nitrogens with zero attached hydrogens (tertiary/aromatic N) is 1. The third-order valence-electron chi connectivity index (χ3n) is 1.69. The Kier molecular flexibility index (Phi) is 3.76. The summed E-state index contributed by atoms with van der Waals surface area (Å²) in [5.74, 6) is -0.394. The van der Waals surface area contributed by atoms with Crippen molar-refractivity contribution in [3.8, 4) is 5.75 Å². The lowest BCUT2D eigenvalue weighted by molar-refractivity contribution is -0.386. The van der Waals surface area contributed by atoms with Crippen LogP contribution >= 0.6 is 26.6 Å². The number of hydrogen-bond donors (Lipinski definition) is 0. The van der Waals surface area contributed by atoms with Gasteiger partial charge < -0.3 is 4.74 Å². The fraction of sp³-hybridized carbons (Fsp3) is 0.143. The van der Waals surface area contributed by atoms with Crippen molar-refractivity contribution in [2.24, 2.45) is 0 Å². The molecule has 0 saturated heterocycles. The van der Waals surface area contributed by atoms with Gasteiger partial charge in [-0.05, 0) is 22.0 Å². The van der Waals surface area contributed by atoms with E-state index in [1.54, 1.807) is 0 Å². The van der Waals surface area contributed by atoms with E-state index in [0.29, 0.717) is 0 Å². The zero-order valence-corrected chi connectivity index (χ0v) is 11.0. The Labute approximate surface area is 104 Å². The summed E-state index contributed by atoms with van der Waals surface area (Å²) in [4.78, 5) is 9.44. The number of rotatable bonds is 3. The van der Waals surface area contributed by atoms with Gasteiger partial charge in [0.2, 0.25) is 5.75 Å². The number of methoxy groups -OCH3 is 1. The van der Waals surface area contributed by atoms with Crippen LogP contribution < -0.4 is 4.74 Å². The minimum Gasteiger partial charge on any atom is -0.489 e. The Bertz CT molecular complexity index is 544. The summed E-state index contributed by atoms with van der Waals surface area (Å²) in [5.41, 5.74) is -0.468. The molecule has 0 aliphatic rings. The first-order valence-electron chi connectivity index (χ1n) is 3.74. The maximum atomic E-state index is 11.2. The Balaban J connectivity index is 3.71. The summed E-state index contributed by atoms with van der Waals surface area (Å²) in [5, 5.41) is 10.6. The molecule has 0 N–H and O–H groups in total. The van der Waals surface area contributed by atoms with Crippen molar-refractivity contribution in [3.05, 3.63) is 26.7 Å². The lowest BCUT2D eigenvalue weighted by Crippen LogP contribution is -2.01. The monoisotopic (exact) mass is 329 g/mol. The lowest BCUT2D eigenvalue weighted by Gasteiger charge is -2.07. The second-order valence-corrected chi connectivity index (χ2v) is 5.98. The van der Waals surface area contributed by atoms with E-state index < -0.39 is 30.3 Å². The fourth-order valence-corrected chi connectivity index (χ4v) is 3.50. The van der Waals surface area contributed by atoms with Crippen molar-refractivity contribution in [2.75, 3.05) is 7.11 Å². The second kappa shape index (κ2) is 4.56. The molecule has 0 bridgehead atoms. The van der Waals surface area contributed by atoms with Crippen molar-refractivity contribution in [2.45, 2.75) is 4.90 Å². The van der Waals surface area contributed by atoms with E-state index in [4.69, 9.17) is 15.4 Å². The lowest BCUT2D eigenvalue weighted by atomic mass is 10.3. The highest BCUT2D eigenvalue weighted by Crippen LogP contribution is 2.40. The van der Waals surface area contributed by atoms with Gasteiger partial charge in [-0.1, -0.05) is 0 Å². The molecule has 0 atom stereocenters. The van der Waals surface area contributed by atoms with Gasteiger partial charge >= 0.3 is 5.69 Å². The number of halogens is 2. The highest BCUT2D eigenvalue weighted by Gasteiger charge is 2.28. The maximum absolute atomic E-state index is 11.2. The highest BCUT2D eigenvalue weighted by atomic mass is 79.9. The Morgan fingerprint density at radius 1 is 1.50 bits per heavy atom. The molecule has 0 aromatic heterocycles. The summed E-state index contributed by atoms with van der Waals surface area (Å²) in [6.45, 7) is 0. The van der Waals surface area contributed by atoms with E-state index in [1.807, 2.05) is 0 Å². The molecule has 0 aliphatic carbocycles. The van der Waals surface area contributed by atoms with Crippen LogP contribution in [0.25, 0.3) is 0 Å². The van der Waals surface area contributed by atoms with Crippen molar-refractivity contribution in [1.29, 1.82) is 0 Å². The Hall–Kier alpha value is -0.860. The summed E-state index contributed by atoms with van der Waals surface area (Å²) < 4.78 is 27.3. The van der Waals surface area contributed by atoms with Crippen molar-refractivity contribution in [1.82, 2.24) is 0 Å². The molecule has 16 heavy (non-hydrogen) atoms. The third-order valence-corrected chi connectivity index (χ3v) is 3.97. The van der Waals surface area contributed by atoms with E-state index in [2.05, 4.69) is 15.9 Å². The average Bonchev–Trinajstić information content (AvgIpc) is 2.14. The molecule has 1 aromatic carbocycles. The fourth-order valence-electron chi connectivity index (χ4n) is 1.10. The molecular formula is C7H5BrClNO5S. The smallest absolute Gasteiger partial charge is 0.312 e. The van der Waals surface area contributed by atoms with Gasteiger partial charge in [0.1, 0.15) is 4.90 Å². The molecule has 0 unspecified atom stereocenters. The van der Waals surface area contributed by atoms with Crippen molar-refractivity contribution >= 4 is 41.4 Å². The van der Waals surface area contributed by atoms with Crippen molar-refractivity contribution in [3.63, 3.8) is 0 Å². The van der Waals surface area contributed by atoms with Crippen LogP contribution in [0.1, 0.15) is 0 Å². The highest BCUT2D eigenvalue weighted by molar-refractivity contribution is 9.10. The minimum absolute atomic E-state index is 0.102. The molecule has 9 heteroatoms. The van der Waals surface area contributed by atoms with E-state index in [0.717, 1.165) is 13.2 Å². The number of nitro groups is 1. The second-order valence-electron chi connectivity index (χ2n) is 2.62. The minimum atomic E-state index is -4.14. The molecular weight excluding hydrogens is 326 g/mol. The SMILES string of the molecule is COc1c([N+](=O)[O-])ccc(Br)c1S(=O)(=O)Cl. The first-order valence-corrected chi connectivity index (χ1v) is 6.84. The normalized spacial score (nSPS) is 11.2. The largest absolute Gasteiger partial charge is 0.489 e. The van der Waals surface area contributed by atoms with E-state index >= 15 is 0 Å². The van der Waals surface area contributed by atoms with Gasteiger partial charge in [-0.25, -0.2) is 8.42 Å². The molecule has 1 rings (SSSR count). The van der Waals surface area contributed by atoms with Gasteiger partial charge in [0, 0.05) is 21.2 Å². The summed E-state index contributed by atoms with van der Waals surface area (Å²) in [6.07, 6.45) is 0. The molecule has 1 aromatic rings. The Morgan fingerprint density at radius 2 is 2.06 bits per heavy atom. The first-order chi connectivity index (χ1) is 7.29. The van der Waals surface area contributed by atoms with Crippen LogP contribution in [-0.4, -0.2) is 20.5 Å². The number of benzene rings is 1. The predicted octanol–water partition coefficient (Wildman–Crippen LogP) is 2.29. The van der Waals surface area contributed by atoms with Crippen LogP contribution in [-0.2, 0) is 9.05 Å². The topological polar surface area (TPSA) is 86.5 Å². The van der Waals surface area contributed by atoms with Gasteiger partial charge in [0.15, 0.2) is 0 Å². The van der Waals surface area contributed by atoms with Gasteiger partial charge in [-0.15, -0.1) is 0 Å². The molecule has 0 spiro atoms. The zero-order valence-electron chi connectivity index (χ0n) is 7.81. The summed E-state index contributed by atoms with van der Waals surface area (Å²) >= 11 is 2.94. The van der Waals surface area contributed by atoms with E-state index in [-0.39, 0.29) is 4.47 Å². The zero-order chi connectivity index (χ0) is 12.5. The van der Waals surface area contributed by atoms with E-state index in [1.165, 1.54) is 6.07 Å². The molecule has 0 radical (unpaired) electrons.